The van der Waals surface area contributed by atoms with Crippen molar-refractivity contribution in [2.75, 3.05) is 32.1 Å². The highest BCUT2D eigenvalue weighted by Crippen LogP contribution is 2.48. The molecule has 0 radical (unpaired) electrons. The van der Waals surface area contributed by atoms with E-state index in [0.717, 1.165) is 22.6 Å². The largest absolute Gasteiger partial charge is 0.497 e. The van der Waals surface area contributed by atoms with Crippen molar-refractivity contribution in [1.29, 1.82) is 0 Å². The van der Waals surface area contributed by atoms with Gasteiger partial charge in [0.25, 0.3) is 0 Å². The van der Waals surface area contributed by atoms with Crippen molar-refractivity contribution < 1.29 is 14.3 Å². The number of hydrogen-bond donors (Lipinski definition) is 0. The molecule has 1 saturated heterocycles. The number of carbonyl (C=O) groups is 2. The summed E-state index contributed by atoms with van der Waals surface area (Å²) in [6.45, 7) is 0.978. The lowest BCUT2D eigenvalue weighted by Gasteiger charge is -2.23. The Balaban J connectivity index is 1.59. The first-order valence-corrected chi connectivity index (χ1v) is 9.31. The van der Waals surface area contributed by atoms with Gasteiger partial charge in [-0.3, -0.25) is 9.59 Å². The van der Waals surface area contributed by atoms with E-state index >= 15 is 0 Å². The summed E-state index contributed by atoms with van der Waals surface area (Å²) in [7, 11) is 3.41. The fourth-order valence-electron chi connectivity index (χ4n) is 4.17. The Morgan fingerprint density at radius 3 is 2.67 bits per heavy atom. The summed E-state index contributed by atoms with van der Waals surface area (Å²) in [5.74, 6) is 0.802. The highest BCUT2D eigenvalue weighted by molar-refractivity contribution is 6.30. The quantitative estimate of drug-likeness (QED) is 0.817. The number of anilines is 1. The number of halogens is 1. The first-order chi connectivity index (χ1) is 12.9. The van der Waals surface area contributed by atoms with Crippen LogP contribution in [0.4, 0.5) is 5.69 Å². The van der Waals surface area contributed by atoms with Gasteiger partial charge in [0.15, 0.2) is 0 Å². The number of amides is 2. The minimum atomic E-state index is -0.672. The predicted octanol–water partition coefficient (Wildman–Crippen LogP) is 3.04. The van der Waals surface area contributed by atoms with Crippen molar-refractivity contribution in [3.05, 3.63) is 58.6 Å². The van der Waals surface area contributed by atoms with Crippen molar-refractivity contribution in [2.45, 2.75) is 18.3 Å². The second-order valence-corrected chi connectivity index (χ2v) is 7.63. The summed E-state index contributed by atoms with van der Waals surface area (Å²) < 4.78 is 5.35. The van der Waals surface area contributed by atoms with Crippen molar-refractivity contribution in [3.63, 3.8) is 0 Å². The number of methoxy groups -OCH3 is 1. The van der Waals surface area contributed by atoms with Crippen LogP contribution in [-0.4, -0.2) is 44.0 Å². The van der Waals surface area contributed by atoms with Crippen molar-refractivity contribution >= 4 is 29.1 Å². The number of benzene rings is 2. The summed E-state index contributed by atoms with van der Waals surface area (Å²) in [5.41, 5.74) is 2.10. The summed E-state index contributed by atoms with van der Waals surface area (Å²) in [5, 5.41) is 0.650. The normalized spacial score (nSPS) is 21.1. The highest BCUT2D eigenvalue weighted by Gasteiger charge is 2.54. The molecule has 5 nitrogen and oxygen atoms in total. The second-order valence-electron chi connectivity index (χ2n) is 7.20. The lowest BCUT2D eigenvalue weighted by Crippen LogP contribution is -2.42. The zero-order chi connectivity index (χ0) is 19.2. The average molecular weight is 385 g/mol. The van der Waals surface area contributed by atoms with Crippen LogP contribution in [0, 0.1) is 0 Å². The van der Waals surface area contributed by atoms with Gasteiger partial charge in [0.05, 0.1) is 18.9 Å². The summed E-state index contributed by atoms with van der Waals surface area (Å²) >= 11 is 5.91. The summed E-state index contributed by atoms with van der Waals surface area (Å²) in [4.78, 5) is 29.4. The van der Waals surface area contributed by atoms with Crippen molar-refractivity contribution in [2.24, 2.45) is 0 Å². The Morgan fingerprint density at radius 1 is 1.22 bits per heavy atom. The molecule has 6 heteroatoms. The Morgan fingerprint density at radius 2 is 1.96 bits per heavy atom. The SMILES string of the molecule is COc1ccc2c(c1)C1(CCN(C(=O)Cc3ccc(Cl)cc3)C1)C(=O)N2C. The Labute approximate surface area is 163 Å². The molecular weight excluding hydrogens is 364 g/mol. The van der Waals surface area contributed by atoms with Gasteiger partial charge in [-0.2, -0.15) is 0 Å². The molecule has 0 aromatic heterocycles. The average Bonchev–Trinajstić information content (AvgIpc) is 3.21. The van der Waals surface area contributed by atoms with Gasteiger partial charge in [0.1, 0.15) is 5.75 Å². The smallest absolute Gasteiger partial charge is 0.239 e. The van der Waals surface area contributed by atoms with E-state index in [2.05, 4.69) is 0 Å². The van der Waals surface area contributed by atoms with Crippen LogP contribution < -0.4 is 9.64 Å². The zero-order valence-electron chi connectivity index (χ0n) is 15.4. The molecule has 2 aliphatic heterocycles. The number of likely N-dealkylation sites (N-methyl/N-ethyl adjacent to an activating group) is 1. The Kier molecular flexibility index (Phi) is 4.35. The standard InChI is InChI=1S/C21H21ClN2O3/c1-23-18-8-7-16(27-2)12-17(18)21(20(23)26)9-10-24(13-21)19(25)11-14-3-5-15(22)6-4-14/h3-8,12H,9-11,13H2,1-2H3. The molecular formula is C21H21ClN2O3. The van der Waals surface area contributed by atoms with Gasteiger partial charge in [0.2, 0.25) is 11.8 Å². The number of likely N-dealkylation sites (tertiary alicyclic amines) is 1. The van der Waals surface area contributed by atoms with Crippen LogP contribution in [0.5, 0.6) is 5.75 Å². The third kappa shape index (κ3) is 2.86. The number of rotatable bonds is 3. The van der Waals surface area contributed by atoms with E-state index in [9.17, 15) is 9.59 Å². The molecule has 1 atom stereocenters. The first-order valence-electron chi connectivity index (χ1n) is 8.93. The molecule has 2 aromatic rings. The maximum Gasteiger partial charge on any atom is 0.239 e. The van der Waals surface area contributed by atoms with E-state index < -0.39 is 5.41 Å². The maximum absolute atomic E-state index is 13.1. The number of nitrogens with zero attached hydrogens (tertiary/aromatic N) is 2. The fraction of sp³-hybridized carbons (Fsp3) is 0.333. The Hall–Kier alpha value is -2.53. The van der Waals surface area contributed by atoms with E-state index in [0.29, 0.717) is 31.0 Å². The van der Waals surface area contributed by atoms with Gasteiger partial charge < -0.3 is 14.5 Å². The van der Waals surface area contributed by atoms with Gasteiger partial charge in [-0.05, 0) is 47.9 Å². The molecule has 4 rings (SSSR count). The lowest BCUT2D eigenvalue weighted by atomic mass is 9.81. The van der Waals surface area contributed by atoms with Crippen LogP contribution >= 0.6 is 11.6 Å². The fourth-order valence-corrected chi connectivity index (χ4v) is 4.30. The predicted molar refractivity (Wildman–Crippen MR) is 104 cm³/mol. The zero-order valence-corrected chi connectivity index (χ0v) is 16.1. The molecule has 2 aromatic carbocycles. The molecule has 2 heterocycles. The van der Waals surface area contributed by atoms with E-state index in [1.807, 2.05) is 30.3 Å². The van der Waals surface area contributed by atoms with E-state index in [4.69, 9.17) is 16.3 Å². The third-order valence-corrected chi connectivity index (χ3v) is 5.94. The van der Waals surface area contributed by atoms with Crippen LogP contribution in [0.2, 0.25) is 5.02 Å². The van der Waals surface area contributed by atoms with Gasteiger partial charge in [-0.15, -0.1) is 0 Å². The number of hydrogen-bond acceptors (Lipinski definition) is 3. The molecule has 2 aliphatic rings. The Bertz CT molecular complexity index is 912. The monoisotopic (exact) mass is 384 g/mol. The van der Waals surface area contributed by atoms with Crippen LogP contribution in [0.3, 0.4) is 0 Å². The minimum absolute atomic E-state index is 0.0287. The number of fused-ring (bicyclic) bond motifs is 2. The first kappa shape index (κ1) is 17.9. The maximum atomic E-state index is 13.1. The molecule has 2 amide bonds. The van der Waals surface area contributed by atoms with Crippen LogP contribution in [-0.2, 0) is 21.4 Å². The number of carbonyl (C=O) groups excluding carboxylic acids is 2. The van der Waals surface area contributed by atoms with E-state index in [1.165, 1.54) is 0 Å². The molecule has 1 fully saturated rings. The summed E-state index contributed by atoms with van der Waals surface area (Å²) in [6, 6.07) is 13.0. The summed E-state index contributed by atoms with van der Waals surface area (Å²) in [6.07, 6.45) is 0.935. The van der Waals surface area contributed by atoms with Gasteiger partial charge in [-0.25, -0.2) is 0 Å². The number of ether oxygens (including phenoxy) is 1. The third-order valence-electron chi connectivity index (χ3n) is 5.69. The van der Waals surface area contributed by atoms with Gasteiger partial charge >= 0.3 is 0 Å². The second kappa shape index (κ2) is 6.57. The van der Waals surface area contributed by atoms with E-state index in [-0.39, 0.29) is 11.8 Å². The molecule has 140 valence electrons. The van der Waals surface area contributed by atoms with Crippen molar-refractivity contribution in [3.8, 4) is 5.75 Å². The lowest BCUT2D eigenvalue weighted by molar-refractivity contribution is -0.130. The molecule has 0 bridgehead atoms. The highest BCUT2D eigenvalue weighted by atomic mass is 35.5. The van der Waals surface area contributed by atoms with Crippen molar-refractivity contribution in [1.82, 2.24) is 4.90 Å². The molecule has 1 unspecified atom stereocenters. The van der Waals surface area contributed by atoms with Gasteiger partial charge in [0, 0.05) is 30.8 Å². The van der Waals surface area contributed by atoms with Gasteiger partial charge in [-0.1, -0.05) is 23.7 Å². The molecule has 27 heavy (non-hydrogen) atoms. The van der Waals surface area contributed by atoms with E-state index in [1.54, 1.807) is 36.1 Å². The topological polar surface area (TPSA) is 49.9 Å². The van der Waals surface area contributed by atoms with Crippen LogP contribution in [0.15, 0.2) is 42.5 Å². The molecule has 0 aliphatic carbocycles. The molecule has 0 N–H and O–H groups in total. The minimum Gasteiger partial charge on any atom is -0.497 e. The molecule has 0 saturated carbocycles. The van der Waals surface area contributed by atoms with Crippen LogP contribution in [0.25, 0.3) is 0 Å². The molecule has 1 spiro atoms. The van der Waals surface area contributed by atoms with Crippen LogP contribution in [0.1, 0.15) is 17.5 Å².